The van der Waals surface area contributed by atoms with Gasteiger partial charge in [-0.15, -0.1) is 0 Å². The van der Waals surface area contributed by atoms with E-state index in [0.717, 1.165) is 24.3 Å². The van der Waals surface area contributed by atoms with Gasteiger partial charge in [-0.2, -0.15) is 0 Å². The molecule has 2 unspecified atom stereocenters. The van der Waals surface area contributed by atoms with Crippen LogP contribution in [0.4, 0.5) is 0 Å². The maximum atomic E-state index is 13.1. The van der Waals surface area contributed by atoms with E-state index in [2.05, 4.69) is 12.2 Å². The molecule has 1 saturated carbocycles. The van der Waals surface area contributed by atoms with Gasteiger partial charge in [-0.05, 0) is 57.4 Å². The number of carbonyl (C=O) groups is 2. The summed E-state index contributed by atoms with van der Waals surface area (Å²) in [6.07, 6.45) is 5.48. The van der Waals surface area contributed by atoms with E-state index < -0.39 is 5.54 Å². The van der Waals surface area contributed by atoms with E-state index in [1.165, 1.54) is 12.8 Å². The molecule has 1 heterocycles. The average molecular weight is 342 g/mol. The molecule has 0 bridgehead atoms. The van der Waals surface area contributed by atoms with Gasteiger partial charge in [0.15, 0.2) is 0 Å². The lowest BCUT2D eigenvalue weighted by Gasteiger charge is -2.40. The molecular formula is C21H30N2O2. The minimum absolute atomic E-state index is 0.0145. The van der Waals surface area contributed by atoms with E-state index in [0.29, 0.717) is 12.8 Å². The summed E-state index contributed by atoms with van der Waals surface area (Å²) in [5.41, 5.74) is 0.318. The molecule has 2 amide bonds. The Morgan fingerprint density at radius 1 is 1.20 bits per heavy atom. The molecule has 1 aliphatic heterocycles. The van der Waals surface area contributed by atoms with Crippen molar-refractivity contribution in [3.05, 3.63) is 35.9 Å². The number of rotatable bonds is 4. The largest absolute Gasteiger partial charge is 0.351 e. The molecule has 2 atom stereocenters. The molecule has 2 aliphatic rings. The third kappa shape index (κ3) is 3.58. The molecular weight excluding hydrogens is 312 g/mol. The maximum Gasteiger partial charge on any atom is 0.245 e. The number of benzene rings is 1. The number of nitrogens with one attached hydrogen (secondary N) is 1. The van der Waals surface area contributed by atoms with Gasteiger partial charge in [0.25, 0.3) is 0 Å². The highest BCUT2D eigenvalue weighted by Crippen LogP contribution is 2.38. The maximum absolute atomic E-state index is 13.1. The Morgan fingerprint density at radius 2 is 1.84 bits per heavy atom. The topological polar surface area (TPSA) is 49.4 Å². The van der Waals surface area contributed by atoms with E-state index in [9.17, 15) is 9.59 Å². The number of amides is 2. The lowest BCUT2D eigenvalue weighted by molar-refractivity contribution is -0.143. The normalized spacial score (nSPS) is 31.0. The highest BCUT2D eigenvalue weighted by Gasteiger charge is 2.49. The van der Waals surface area contributed by atoms with E-state index >= 15 is 0 Å². The van der Waals surface area contributed by atoms with Crippen molar-refractivity contribution in [3.63, 3.8) is 0 Å². The fraction of sp³-hybridized carbons (Fsp3) is 0.619. The summed E-state index contributed by atoms with van der Waals surface area (Å²) in [7, 11) is 0. The van der Waals surface area contributed by atoms with Crippen molar-refractivity contribution in [1.29, 1.82) is 0 Å². The second kappa shape index (κ2) is 7.19. The summed E-state index contributed by atoms with van der Waals surface area (Å²) in [5, 5.41) is 3.25. The fourth-order valence-electron chi connectivity index (χ4n) is 4.36. The van der Waals surface area contributed by atoms with Crippen LogP contribution >= 0.6 is 0 Å². The van der Waals surface area contributed by atoms with Crippen molar-refractivity contribution in [1.82, 2.24) is 10.2 Å². The fourth-order valence-corrected chi connectivity index (χ4v) is 4.36. The predicted octanol–water partition coefficient (Wildman–Crippen LogP) is 3.82. The Hall–Kier alpha value is -1.84. The van der Waals surface area contributed by atoms with Crippen LogP contribution in [0.25, 0.3) is 0 Å². The second-order valence-corrected chi connectivity index (χ2v) is 8.05. The first-order valence-electron chi connectivity index (χ1n) is 9.60. The first-order valence-corrected chi connectivity index (χ1v) is 9.60. The van der Waals surface area contributed by atoms with Crippen LogP contribution < -0.4 is 5.32 Å². The summed E-state index contributed by atoms with van der Waals surface area (Å²) < 4.78 is 0. The lowest BCUT2D eigenvalue weighted by Crippen LogP contribution is -2.57. The van der Waals surface area contributed by atoms with Gasteiger partial charge in [0.1, 0.15) is 5.54 Å². The minimum atomic E-state index is -0.755. The third-order valence-electron chi connectivity index (χ3n) is 6.14. The van der Waals surface area contributed by atoms with Crippen molar-refractivity contribution in [2.45, 2.75) is 76.9 Å². The Bertz CT molecular complexity index is 622. The second-order valence-electron chi connectivity index (χ2n) is 8.05. The molecule has 4 heteroatoms. The molecule has 1 aromatic rings. The molecule has 2 fully saturated rings. The van der Waals surface area contributed by atoms with Crippen LogP contribution in [0.1, 0.15) is 70.9 Å². The van der Waals surface area contributed by atoms with Gasteiger partial charge >= 0.3 is 0 Å². The number of hydrogen-bond acceptors (Lipinski definition) is 2. The number of likely N-dealkylation sites (tertiary alicyclic amines) is 1. The quantitative estimate of drug-likeness (QED) is 0.904. The summed E-state index contributed by atoms with van der Waals surface area (Å²) in [4.78, 5) is 27.5. The SMILES string of the molecule is CC1CCC(NC(=O)C2(C)CCC(=O)N2C(C)c2ccccc2)CC1. The molecule has 1 N–H and O–H groups in total. The summed E-state index contributed by atoms with van der Waals surface area (Å²) in [6, 6.07) is 10.1. The molecule has 25 heavy (non-hydrogen) atoms. The monoisotopic (exact) mass is 342 g/mol. The van der Waals surface area contributed by atoms with Crippen molar-refractivity contribution in [2.75, 3.05) is 0 Å². The van der Waals surface area contributed by atoms with Crippen LogP contribution in [0, 0.1) is 5.92 Å². The Labute approximate surface area is 151 Å². The van der Waals surface area contributed by atoms with Gasteiger partial charge in [0, 0.05) is 12.5 Å². The molecule has 0 radical (unpaired) electrons. The smallest absolute Gasteiger partial charge is 0.245 e. The molecule has 3 rings (SSSR count). The van der Waals surface area contributed by atoms with Gasteiger partial charge in [0.2, 0.25) is 11.8 Å². The molecule has 1 aliphatic carbocycles. The molecule has 1 aromatic carbocycles. The van der Waals surface area contributed by atoms with Gasteiger partial charge in [-0.25, -0.2) is 0 Å². The van der Waals surface area contributed by atoms with E-state index in [1.807, 2.05) is 49.1 Å². The molecule has 0 aromatic heterocycles. The average Bonchev–Trinajstić information content (AvgIpc) is 2.93. The molecule has 4 nitrogen and oxygen atoms in total. The molecule has 0 spiro atoms. The Kier molecular flexibility index (Phi) is 5.16. The predicted molar refractivity (Wildman–Crippen MR) is 98.9 cm³/mol. The minimum Gasteiger partial charge on any atom is -0.351 e. The van der Waals surface area contributed by atoms with Crippen molar-refractivity contribution in [2.24, 2.45) is 5.92 Å². The molecule has 1 saturated heterocycles. The van der Waals surface area contributed by atoms with E-state index in [4.69, 9.17) is 0 Å². The van der Waals surface area contributed by atoms with Crippen LogP contribution in [0.15, 0.2) is 30.3 Å². The van der Waals surface area contributed by atoms with Crippen molar-refractivity contribution >= 4 is 11.8 Å². The van der Waals surface area contributed by atoms with E-state index in [1.54, 1.807) is 0 Å². The first kappa shape index (κ1) is 18.0. The van der Waals surface area contributed by atoms with Crippen LogP contribution in [0.3, 0.4) is 0 Å². The zero-order valence-electron chi connectivity index (χ0n) is 15.6. The highest BCUT2D eigenvalue weighted by molar-refractivity contribution is 5.94. The number of carbonyl (C=O) groups excluding carboxylic acids is 2. The zero-order chi connectivity index (χ0) is 18.0. The van der Waals surface area contributed by atoms with Gasteiger partial charge in [-0.1, -0.05) is 37.3 Å². The van der Waals surface area contributed by atoms with Crippen molar-refractivity contribution in [3.8, 4) is 0 Å². The van der Waals surface area contributed by atoms with Gasteiger partial charge in [-0.3, -0.25) is 9.59 Å². The van der Waals surface area contributed by atoms with Gasteiger partial charge < -0.3 is 10.2 Å². The number of hydrogen-bond donors (Lipinski definition) is 1. The van der Waals surface area contributed by atoms with Crippen LogP contribution in [0.2, 0.25) is 0 Å². The zero-order valence-corrected chi connectivity index (χ0v) is 15.6. The summed E-state index contributed by atoms with van der Waals surface area (Å²) in [5.74, 6) is 0.846. The third-order valence-corrected chi connectivity index (χ3v) is 6.14. The van der Waals surface area contributed by atoms with Crippen molar-refractivity contribution < 1.29 is 9.59 Å². The number of nitrogens with zero attached hydrogens (tertiary/aromatic N) is 1. The summed E-state index contributed by atoms with van der Waals surface area (Å²) in [6.45, 7) is 6.22. The first-order chi connectivity index (χ1) is 11.9. The van der Waals surface area contributed by atoms with E-state index in [-0.39, 0.29) is 23.9 Å². The van der Waals surface area contributed by atoms with Crippen LogP contribution in [-0.4, -0.2) is 28.3 Å². The Balaban J connectivity index is 1.75. The van der Waals surface area contributed by atoms with Gasteiger partial charge in [0.05, 0.1) is 6.04 Å². The van der Waals surface area contributed by atoms with Crippen LogP contribution in [0.5, 0.6) is 0 Å². The molecule has 136 valence electrons. The van der Waals surface area contributed by atoms with Crippen LogP contribution in [-0.2, 0) is 9.59 Å². The lowest BCUT2D eigenvalue weighted by atomic mass is 9.86. The standard InChI is InChI=1S/C21H30N2O2/c1-15-9-11-18(12-10-15)22-20(25)21(3)14-13-19(24)23(21)16(2)17-7-5-4-6-8-17/h4-8,15-16,18H,9-14H2,1-3H3,(H,22,25). The summed E-state index contributed by atoms with van der Waals surface area (Å²) >= 11 is 0. The highest BCUT2D eigenvalue weighted by atomic mass is 16.2. The Morgan fingerprint density at radius 3 is 2.48 bits per heavy atom.